The van der Waals surface area contributed by atoms with E-state index in [0.29, 0.717) is 5.92 Å². The Labute approximate surface area is 108 Å². The molecule has 0 aliphatic heterocycles. The molecule has 2 rings (SSSR count). The maximum atomic E-state index is 11.7. The Morgan fingerprint density at radius 2 is 2.33 bits per heavy atom. The third-order valence-corrected chi connectivity index (χ3v) is 4.16. The molecule has 1 heterocycles. The molecule has 4 nitrogen and oxygen atoms in total. The number of hydrogen-bond donors (Lipinski definition) is 1. The summed E-state index contributed by atoms with van der Waals surface area (Å²) in [4.78, 5) is 17.7. The van der Waals surface area contributed by atoms with Crippen LogP contribution in [0.3, 0.4) is 0 Å². The van der Waals surface area contributed by atoms with Crippen LogP contribution in [0.2, 0.25) is 0 Å². The maximum Gasteiger partial charge on any atom is 0.328 e. The number of carboxylic acid groups (broad SMARTS) is 1. The molecule has 1 saturated carbocycles. The Morgan fingerprint density at radius 3 is 2.78 bits per heavy atom. The highest BCUT2D eigenvalue weighted by molar-refractivity contribution is 5.80. The fourth-order valence-electron chi connectivity index (χ4n) is 2.40. The van der Waals surface area contributed by atoms with Gasteiger partial charge in [-0.3, -0.25) is 9.88 Å². The van der Waals surface area contributed by atoms with Crippen molar-refractivity contribution >= 4 is 5.97 Å². The van der Waals surface area contributed by atoms with E-state index < -0.39 is 11.5 Å². The van der Waals surface area contributed by atoms with Crippen molar-refractivity contribution in [3.63, 3.8) is 0 Å². The summed E-state index contributed by atoms with van der Waals surface area (Å²) < 4.78 is 0. The largest absolute Gasteiger partial charge is 0.480 e. The first-order valence-corrected chi connectivity index (χ1v) is 6.40. The van der Waals surface area contributed by atoms with Crippen molar-refractivity contribution in [1.82, 2.24) is 9.88 Å². The highest BCUT2D eigenvalue weighted by Crippen LogP contribution is 2.32. The summed E-state index contributed by atoms with van der Waals surface area (Å²) in [5, 5.41) is 9.59. The summed E-state index contributed by atoms with van der Waals surface area (Å²) in [6.45, 7) is 2.59. The summed E-state index contributed by atoms with van der Waals surface area (Å²) >= 11 is 0. The smallest absolute Gasteiger partial charge is 0.328 e. The Morgan fingerprint density at radius 1 is 1.61 bits per heavy atom. The van der Waals surface area contributed by atoms with Crippen molar-refractivity contribution in [2.45, 2.75) is 31.7 Å². The van der Waals surface area contributed by atoms with Crippen molar-refractivity contribution in [3.05, 3.63) is 30.1 Å². The van der Waals surface area contributed by atoms with Gasteiger partial charge in [-0.1, -0.05) is 12.5 Å². The van der Waals surface area contributed by atoms with Crippen molar-refractivity contribution < 1.29 is 9.90 Å². The molecule has 1 N–H and O–H groups in total. The summed E-state index contributed by atoms with van der Waals surface area (Å²) in [6, 6.07) is 3.62. The van der Waals surface area contributed by atoms with Gasteiger partial charge in [0.25, 0.3) is 0 Å². The average Bonchev–Trinajstić information content (AvgIpc) is 2.33. The van der Waals surface area contributed by atoms with E-state index in [1.807, 2.05) is 18.0 Å². The Balaban J connectivity index is 2.22. The van der Waals surface area contributed by atoms with Crippen LogP contribution in [-0.4, -0.2) is 34.6 Å². The number of hydrogen-bond acceptors (Lipinski definition) is 3. The van der Waals surface area contributed by atoms with Gasteiger partial charge < -0.3 is 5.11 Å². The Kier molecular flexibility index (Phi) is 3.66. The van der Waals surface area contributed by atoms with E-state index in [-0.39, 0.29) is 0 Å². The molecule has 0 bridgehead atoms. The molecule has 0 spiro atoms. The lowest BCUT2D eigenvalue weighted by Gasteiger charge is -2.39. The number of carboxylic acids is 1. The normalized spacial score (nSPS) is 19.3. The van der Waals surface area contributed by atoms with Crippen molar-refractivity contribution in [1.29, 1.82) is 0 Å². The fraction of sp³-hybridized carbons (Fsp3) is 0.571. The number of rotatable bonds is 5. The standard InChI is InChI=1S/C14H20N2O2/c1-14(13(17)18,12-7-4-8-15-9-12)16(2)10-11-5-3-6-11/h4,7-9,11H,3,5-6,10H2,1-2H3,(H,17,18). The molecular formula is C14H20N2O2. The van der Waals surface area contributed by atoms with Crippen molar-refractivity contribution in [2.75, 3.05) is 13.6 Å². The number of aliphatic carboxylic acids is 1. The molecule has 1 aromatic heterocycles. The zero-order valence-corrected chi connectivity index (χ0v) is 11.0. The lowest BCUT2D eigenvalue weighted by molar-refractivity contribution is -0.151. The van der Waals surface area contributed by atoms with Crippen LogP contribution in [0, 0.1) is 5.92 Å². The van der Waals surface area contributed by atoms with Gasteiger partial charge in [0.15, 0.2) is 0 Å². The molecule has 0 amide bonds. The second-order valence-corrected chi connectivity index (χ2v) is 5.30. The van der Waals surface area contributed by atoms with Gasteiger partial charge in [-0.05, 0) is 38.8 Å². The monoisotopic (exact) mass is 248 g/mol. The number of nitrogens with zero attached hydrogens (tertiary/aromatic N) is 2. The highest BCUT2D eigenvalue weighted by Gasteiger charge is 2.40. The lowest BCUT2D eigenvalue weighted by atomic mass is 9.83. The fourth-order valence-corrected chi connectivity index (χ4v) is 2.40. The topological polar surface area (TPSA) is 53.4 Å². The predicted molar refractivity (Wildman–Crippen MR) is 69.2 cm³/mol. The number of carbonyl (C=O) groups is 1. The molecule has 1 aliphatic carbocycles. The van der Waals surface area contributed by atoms with Gasteiger partial charge in [-0.15, -0.1) is 0 Å². The first kappa shape index (κ1) is 13.0. The second kappa shape index (κ2) is 5.06. The molecule has 4 heteroatoms. The Bertz CT molecular complexity index is 417. The molecule has 0 radical (unpaired) electrons. The molecule has 1 atom stereocenters. The van der Waals surface area contributed by atoms with Crippen LogP contribution in [0.4, 0.5) is 0 Å². The van der Waals surface area contributed by atoms with Crippen LogP contribution in [0.15, 0.2) is 24.5 Å². The van der Waals surface area contributed by atoms with Gasteiger partial charge in [-0.25, -0.2) is 4.79 Å². The van der Waals surface area contributed by atoms with Gasteiger partial charge >= 0.3 is 5.97 Å². The first-order valence-electron chi connectivity index (χ1n) is 6.40. The molecule has 98 valence electrons. The molecule has 18 heavy (non-hydrogen) atoms. The van der Waals surface area contributed by atoms with Crippen LogP contribution >= 0.6 is 0 Å². The van der Waals surface area contributed by atoms with Gasteiger partial charge in [0.2, 0.25) is 0 Å². The van der Waals surface area contributed by atoms with Gasteiger partial charge in [-0.2, -0.15) is 0 Å². The molecule has 1 unspecified atom stereocenters. The van der Waals surface area contributed by atoms with Crippen LogP contribution < -0.4 is 0 Å². The number of pyridine rings is 1. The van der Waals surface area contributed by atoms with E-state index >= 15 is 0 Å². The average molecular weight is 248 g/mol. The molecule has 0 saturated heterocycles. The van der Waals surface area contributed by atoms with Crippen molar-refractivity contribution in [2.24, 2.45) is 5.92 Å². The summed E-state index contributed by atoms with van der Waals surface area (Å²) in [7, 11) is 1.89. The van der Waals surface area contributed by atoms with Crippen LogP contribution in [0.1, 0.15) is 31.7 Å². The third-order valence-electron chi connectivity index (χ3n) is 4.16. The number of aromatic nitrogens is 1. The summed E-state index contributed by atoms with van der Waals surface area (Å²) in [6.07, 6.45) is 7.01. The van der Waals surface area contributed by atoms with Crippen LogP contribution in [0.25, 0.3) is 0 Å². The summed E-state index contributed by atoms with van der Waals surface area (Å²) in [5.74, 6) is -0.178. The Hall–Kier alpha value is -1.42. The minimum Gasteiger partial charge on any atom is -0.480 e. The van der Waals surface area contributed by atoms with Gasteiger partial charge in [0, 0.05) is 24.5 Å². The lowest BCUT2D eigenvalue weighted by Crippen LogP contribution is -2.50. The van der Waals surface area contributed by atoms with E-state index in [2.05, 4.69) is 4.98 Å². The summed E-state index contributed by atoms with van der Waals surface area (Å²) in [5.41, 5.74) is -0.261. The first-order chi connectivity index (χ1) is 8.55. The van der Waals surface area contributed by atoms with Crippen molar-refractivity contribution in [3.8, 4) is 0 Å². The predicted octanol–water partition coefficient (Wildman–Crippen LogP) is 2.11. The molecule has 1 aromatic rings. The van der Waals surface area contributed by atoms with E-state index in [9.17, 15) is 9.90 Å². The second-order valence-electron chi connectivity index (χ2n) is 5.30. The zero-order chi connectivity index (χ0) is 13.2. The van der Waals surface area contributed by atoms with E-state index in [0.717, 1.165) is 12.1 Å². The van der Waals surface area contributed by atoms with Crippen LogP contribution in [-0.2, 0) is 10.3 Å². The quantitative estimate of drug-likeness (QED) is 0.867. The SMILES string of the molecule is CN(CC1CCC1)C(C)(C(=O)O)c1cccnc1. The van der Waals surface area contributed by atoms with E-state index in [1.54, 1.807) is 25.4 Å². The molecule has 0 aromatic carbocycles. The minimum absolute atomic E-state index is 0.644. The van der Waals surface area contributed by atoms with Gasteiger partial charge in [0.1, 0.15) is 5.54 Å². The maximum absolute atomic E-state index is 11.7. The number of likely N-dealkylation sites (N-methyl/N-ethyl adjacent to an activating group) is 1. The molecule has 1 aliphatic rings. The van der Waals surface area contributed by atoms with Gasteiger partial charge in [0.05, 0.1) is 0 Å². The molecular weight excluding hydrogens is 228 g/mol. The zero-order valence-electron chi connectivity index (χ0n) is 11.0. The molecule has 1 fully saturated rings. The highest BCUT2D eigenvalue weighted by atomic mass is 16.4. The van der Waals surface area contributed by atoms with E-state index in [1.165, 1.54) is 19.3 Å². The van der Waals surface area contributed by atoms with Crippen LogP contribution in [0.5, 0.6) is 0 Å². The van der Waals surface area contributed by atoms with E-state index in [4.69, 9.17) is 0 Å². The third kappa shape index (κ3) is 2.25. The minimum atomic E-state index is -0.996.